The molecule has 2 aliphatic heterocycles. The average Bonchev–Trinajstić information content (AvgIpc) is 2.98. The van der Waals surface area contributed by atoms with Crippen molar-refractivity contribution in [2.75, 3.05) is 44.8 Å². The van der Waals surface area contributed by atoms with Gasteiger partial charge in [0, 0.05) is 44.3 Å². The molecule has 2 fully saturated rings. The molecule has 2 saturated heterocycles. The van der Waals surface area contributed by atoms with Crippen LogP contribution in [0, 0.1) is 11.2 Å². The van der Waals surface area contributed by atoms with Crippen LogP contribution in [0.1, 0.15) is 13.3 Å². The van der Waals surface area contributed by atoms with E-state index >= 15 is 0 Å². The molecule has 0 saturated carbocycles. The van der Waals surface area contributed by atoms with Crippen LogP contribution in [0.15, 0.2) is 23.3 Å². The number of halogens is 1. The van der Waals surface area contributed by atoms with Gasteiger partial charge in [0.05, 0.1) is 13.2 Å². The molecular formula is C16H24FN5O. The van der Waals surface area contributed by atoms with Crippen LogP contribution in [0.3, 0.4) is 0 Å². The van der Waals surface area contributed by atoms with Gasteiger partial charge in [-0.15, -0.1) is 0 Å². The molecule has 1 aromatic rings. The summed E-state index contributed by atoms with van der Waals surface area (Å²) < 4.78 is 19.1. The molecule has 0 amide bonds. The van der Waals surface area contributed by atoms with Gasteiger partial charge in [-0.05, 0) is 18.6 Å². The van der Waals surface area contributed by atoms with Crippen molar-refractivity contribution in [1.29, 1.82) is 0 Å². The minimum absolute atomic E-state index is 0.191. The largest absolute Gasteiger partial charge is 0.380 e. The number of ether oxygens (including phenoxy) is 1. The SMILES string of the molecule is CN=C(NCC1(C)COC1)NC1CCN(c2ncccc2F)C1. The van der Waals surface area contributed by atoms with E-state index in [0.717, 1.165) is 45.2 Å². The highest BCUT2D eigenvalue weighted by Gasteiger charge is 2.33. The van der Waals surface area contributed by atoms with Crippen LogP contribution in [0.5, 0.6) is 0 Å². The van der Waals surface area contributed by atoms with Gasteiger partial charge in [-0.25, -0.2) is 9.37 Å². The minimum atomic E-state index is -0.270. The fourth-order valence-corrected chi connectivity index (χ4v) is 2.92. The predicted octanol–water partition coefficient (Wildman–Crippen LogP) is 1.00. The summed E-state index contributed by atoms with van der Waals surface area (Å²) in [5.41, 5.74) is 0.191. The number of anilines is 1. The first-order chi connectivity index (χ1) is 11.1. The van der Waals surface area contributed by atoms with Crippen LogP contribution in [0.4, 0.5) is 10.2 Å². The molecule has 0 aliphatic carbocycles. The molecule has 0 radical (unpaired) electrons. The molecule has 2 aliphatic rings. The maximum atomic E-state index is 13.8. The summed E-state index contributed by atoms with van der Waals surface area (Å²) in [7, 11) is 1.76. The van der Waals surface area contributed by atoms with Crippen LogP contribution in [0.2, 0.25) is 0 Å². The Morgan fingerprint density at radius 2 is 2.39 bits per heavy atom. The Labute approximate surface area is 136 Å². The van der Waals surface area contributed by atoms with Gasteiger partial charge in [-0.1, -0.05) is 6.92 Å². The Kier molecular flexibility index (Phi) is 4.66. The van der Waals surface area contributed by atoms with Gasteiger partial charge < -0.3 is 20.3 Å². The molecule has 1 atom stereocenters. The monoisotopic (exact) mass is 321 g/mol. The van der Waals surface area contributed by atoms with Crippen LogP contribution >= 0.6 is 0 Å². The van der Waals surface area contributed by atoms with Crippen molar-refractivity contribution in [3.63, 3.8) is 0 Å². The molecule has 126 valence electrons. The zero-order chi connectivity index (χ0) is 16.3. The van der Waals surface area contributed by atoms with Crippen molar-refractivity contribution in [1.82, 2.24) is 15.6 Å². The number of aromatic nitrogens is 1. The first kappa shape index (κ1) is 16.0. The molecule has 3 rings (SSSR count). The smallest absolute Gasteiger partial charge is 0.191 e. The highest BCUT2D eigenvalue weighted by molar-refractivity contribution is 5.80. The molecule has 6 nitrogen and oxygen atoms in total. The third-order valence-corrected chi connectivity index (χ3v) is 4.37. The molecule has 2 N–H and O–H groups in total. The number of pyridine rings is 1. The van der Waals surface area contributed by atoms with E-state index in [1.54, 1.807) is 19.3 Å². The summed E-state index contributed by atoms with van der Waals surface area (Å²) in [5.74, 6) is 0.943. The quantitative estimate of drug-likeness (QED) is 0.640. The third-order valence-electron chi connectivity index (χ3n) is 4.37. The third kappa shape index (κ3) is 3.72. The van der Waals surface area contributed by atoms with Crippen molar-refractivity contribution in [3.8, 4) is 0 Å². The molecule has 0 spiro atoms. The fourth-order valence-electron chi connectivity index (χ4n) is 2.92. The maximum Gasteiger partial charge on any atom is 0.191 e. The van der Waals surface area contributed by atoms with E-state index in [9.17, 15) is 4.39 Å². The lowest BCUT2D eigenvalue weighted by molar-refractivity contribution is -0.0971. The molecular weight excluding hydrogens is 297 g/mol. The molecule has 1 aromatic heterocycles. The summed E-state index contributed by atoms with van der Waals surface area (Å²) in [6.07, 6.45) is 2.55. The second kappa shape index (κ2) is 6.70. The predicted molar refractivity (Wildman–Crippen MR) is 88.2 cm³/mol. The fraction of sp³-hybridized carbons (Fsp3) is 0.625. The maximum absolute atomic E-state index is 13.8. The molecule has 23 heavy (non-hydrogen) atoms. The summed E-state index contributed by atoms with van der Waals surface area (Å²) >= 11 is 0. The number of hydrogen-bond acceptors (Lipinski definition) is 4. The second-order valence-corrected chi connectivity index (χ2v) is 6.61. The van der Waals surface area contributed by atoms with Gasteiger partial charge in [0.1, 0.15) is 0 Å². The van der Waals surface area contributed by atoms with Crippen LogP contribution in [-0.4, -0.2) is 56.9 Å². The van der Waals surface area contributed by atoms with Gasteiger partial charge in [-0.3, -0.25) is 4.99 Å². The number of nitrogens with zero attached hydrogens (tertiary/aromatic N) is 3. The number of aliphatic imine (C=N–C) groups is 1. The highest BCUT2D eigenvalue weighted by atomic mass is 19.1. The summed E-state index contributed by atoms with van der Waals surface area (Å²) in [4.78, 5) is 10.4. The van der Waals surface area contributed by atoms with Crippen molar-refractivity contribution in [2.45, 2.75) is 19.4 Å². The Hall–Kier alpha value is -1.89. The molecule has 7 heteroatoms. The van der Waals surface area contributed by atoms with E-state index < -0.39 is 0 Å². The van der Waals surface area contributed by atoms with Crippen molar-refractivity contribution in [3.05, 3.63) is 24.1 Å². The summed E-state index contributed by atoms with van der Waals surface area (Å²) in [6, 6.07) is 3.29. The Morgan fingerprint density at radius 1 is 1.57 bits per heavy atom. The topological polar surface area (TPSA) is 61.8 Å². The van der Waals surface area contributed by atoms with E-state index in [-0.39, 0.29) is 17.3 Å². The average molecular weight is 321 g/mol. The number of rotatable bonds is 4. The Morgan fingerprint density at radius 3 is 3.04 bits per heavy atom. The standard InChI is InChI=1S/C16H24FN5O/c1-16(10-23-11-16)9-20-15(18-2)21-12-5-7-22(8-12)14-13(17)4-3-6-19-14/h3-4,6,12H,5,7-11H2,1-2H3,(H2,18,20,21). The molecule has 1 unspecified atom stereocenters. The van der Waals surface area contributed by atoms with Crippen molar-refractivity contribution >= 4 is 11.8 Å². The van der Waals surface area contributed by atoms with Gasteiger partial charge >= 0.3 is 0 Å². The zero-order valence-corrected chi connectivity index (χ0v) is 13.7. The molecule has 0 aromatic carbocycles. The minimum Gasteiger partial charge on any atom is -0.380 e. The van der Waals surface area contributed by atoms with Gasteiger partial charge in [0.25, 0.3) is 0 Å². The number of hydrogen-bond donors (Lipinski definition) is 2. The lowest BCUT2D eigenvalue weighted by atomic mass is 9.89. The van der Waals surface area contributed by atoms with Crippen molar-refractivity contribution in [2.24, 2.45) is 10.4 Å². The lowest BCUT2D eigenvalue weighted by Crippen LogP contribution is -2.52. The van der Waals surface area contributed by atoms with Crippen LogP contribution in [0.25, 0.3) is 0 Å². The Balaban J connectivity index is 1.51. The molecule has 3 heterocycles. The highest BCUT2D eigenvalue weighted by Crippen LogP contribution is 2.25. The summed E-state index contributed by atoms with van der Waals surface area (Å²) in [5, 5.41) is 6.77. The summed E-state index contributed by atoms with van der Waals surface area (Å²) in [6.45, 7) is 6.10. The van der Waals surface area contributed by atoms with Crippen molar-refractivity contribution < 1.29 is 9.13 Å². The second-order valence-electron chi connectivity index (χ2n) is 6.61. The first-order valence-corrected chi connectivity index (χ1v) is 8.00. The Bertz CT molecular complexity index is 575. The van der Waals surface area contributed by atoms with E-state index in [1.807, 2.05) is 4.90 Å². The lowest BCUT2D eigenvalue weighted by Gasteiger charge is -2.38. The van der Waals surface area contributed by atoms with Crippen LogP contribution < -0.4 is 15.5 Å². The van der Waals surface area contributed by atoms with Gasteiger partial charge in [-0.2, -0.15) is 0 Å². The van der Waals surface area contributed by atoms with Crippen LogP contribution in [-0.2, 0) is 4.74 Å². The van der Waals surface area contributed by atoms with Gasteiger partial charge in [0.15, 0.2) is 17.6 Å². The van der Waals surface area contributed by atoms with E-state index in [1.165, 1.54) is 6.07 Å². The van der Waals surface area contributed by atoms with Gasteiger partial charge in [0.2, 0.25) is 0 Å². The number of nitrogens with one attached hydrogen (secondary N) is 2. The first-order valence-electron chi connectivity index (χ1n) is 8.00. The molecule has 0 bridgehead atoms. The van der Waals surface area contributed by atoms with E-state index in [2.05, 4.69) is 27.5 Å². The number of guanidine groups is 1. The van der Waals surface area contributed by atoms with E-state index in [0.29, 0.717) is 5.82 Å². The normalized spacial score (nSPS) is 23.5. The van der Waals surface area contributed by atoms with E-state index in [4.69, 9.17) is 4.74 Å². The zero-order valence-electron chi connectivity index (χ0n) is 13.7.